The van der Waals surface area contributed by atoms with Crippen molar-refractivity contribution in [2.75, 3.05) is 0 Å². The van der Waals surface area contributed by atoms with Crippen molar-refractivity contribution in [3.63, 3.8) is 0 Å². The quantitative estimate of drug-likeness (QED) is 0.222. The van der Waals surface area contributed by atoms with Crippen molar-refractivity contribution in [1.82, 2.24) is 0 Å². The molecule has 2 aromatic rings. The number of hydrogen-bond acceptors (Lipinski definition) is 0. The van der Waals surface area contributed by atoms with Crippen LogP contribution >= 0.6 is 0 Å². The minimum atomic E-state index is 0. The summed E-state index contributed by atoms with van der Waals surface area (Å²) < 4.78 is 0. The van der Waals surface area contributed by atoms with Crippen molar-refractivity contribution in [3.05, 3.63) is 82.6 Å². The zero-order valence-corrected chi connectivity index (χ0v) is 10.6. The SMILES string of the molecule is [Li+].[Li+].[N-]=C=C1c2ccccc2[CH-]c2ccccc21. The molecule has 2 aromatic carbocycles. The third kappa shape index (κ3) is 2.38. The van der Waals surface area contributed by atoms with Crippen LogP contribution in [-0.4, -0.2) is 5.87 Å². The average Bonchev–Trinajstić information content (AvgIpc) is 2.36. The van der Waals surface area contributed by atoms with Crippen molar-refractivity contribution in [2.45, 2.75) is 0 Å². The van der Waals surface area contributed by atoms with Gasteiger partial charge in [-0.3, -0.25) is 5.87 Å². The second-order valence-corrected chi connectivity index (χ2v) is 3.81. The first-order valence-corrected chi connectivity index (χ1v) is 5.21. The van der Waals surface area contributed by atoms with Crippen molar-refractivity contribution in [2.24, 2.45) is 0 Å². The molecular weight excluding hydrogens is 208 g/mol. The summed E-state index contributed by atoms with van der Waals surface area (Å²) in [5.41, 5.74) is 5.08. The van der Waals surface area contributed by atoms with Gasteiger partial charge in [0.2, 0.25) is 0 Å². The molecule has 0 saturated carbocycles. The van der Waals surface area contributed by atoms with E-state index in [-0.39, 0.29) is 37.7 Å². The fourth-order valence-electron chi connectivity index (χ4n) is 2.13. The van der Waals surface area contributed by atoms with Crippen LogP contribution in [0.2, 0.25) is 0 Å². The maximum atomic E-state index is 9.28. The van der Waals surface area contributed by atoms with Gasteiger partial charge in [-0.05, 0) is 0 Å². The zero-order valence-electron chi connectivity index (χ0n) is 10.6. The summed E-state index contributed by atoms with van der Waals surface area (Å²) in [5.74, 6) is 2.31. The Morgan fingerprint density at radius 1 is 0.778 bits per heavy atom. The molecule has 0 N–H and O–H groups in total. The van der Waals surface area contributed by atoms with E-state index < -0.39 is 0 Å². The van der Waals surface area contributed by atoms with Crippen LogP contribution in [0.3, 0.4) is 0 Å². The van der Waals surface area contributed by atoms with Gasteiger partial charge in [0.15, 0.2) is 0 Å². The van der Waals surface area contributed by atoms with Crippen molar-refractivity contribution in [3.8, 4) is 0 Å². The first-order valence-electron chi connectivity index (χ1n) is 5.21. The summed E-state index contributed by atoms with van der Waals surface area (Å²) in [5, 5.41) is 9.28. The number of hydrogen-bond donors (Lipinski definition) is 0. The standard InChI is InChI=1S/C15H9N.2Li/c16-10-15-13-7-3-1-5-11(13)9-12-6-2-4-8-14(12)15;;/h1-9H;;/q-2;2*+1. The van der Waals surface area contributed by atoms with E-state index in [1.54, 1.807) is 0 Å². The van der Waals surface area contributed by atoms with Gasteiger partial charge in [0.25, 0.3) is 0 Å². The molecule has 3 rings (SSSR count). The average molecular weight is 217 g/mol. The first-order chi connectivity index (χ1) is 7.90. The van der Waals surface area contributed by atoms with Gasteiger partial charge in [-0.15, -0.1) is 29.7 Å². The Hall–Kier alpha value is -1.05. The van der Waals surface area contributed by atoms with Crippen LogP contribution in [0.25, 0.3) is 11.0 Å². The largest absolute Gasteiger partial charge is 1.00 e. The fourth-order valence-corrected chi connectivity index (χ4v) is 2.13. The maximum absolute atomic E-state index is 9.28. The van der Waals surface area contributed by atoms with Gasteiger partial charge in [0, 0.05) is 0 Å². The molecule has 0 bridgehead atoms. The Morgan fingerprint density at radius 2 is 1.22 bits per heavy atom. The monoisotopic (exact) mass is 217 g/mol. The van der Waals surface area contributed by atoms with E-state index in [9.17, 15) is 5.41 Å². The summed E-state index contributed by atoms with van der Waals surface area (Å²) in [6.45, 7) is 0. The molecule has 0 aromatic heterocycles. The zero-order chi connectivity index (χ0) is 11.0. The summed E-state index contributed by atoms with van der Waals surface area (Å²) in [6, 6.07) is 16.0. The maximum Gasteiger partial charge on any atom is 1.00 e. The summed E-state index contributed by atoms with van der Waals surface area (Å²) in [7, 11) is 0. The molecule has 0 heterocycles. The molecule has 0 atom stereocenters. The summed E-state index contributed by atoms with van der Waals surface area (Å²) in [4.78, 5) is 0. The Bertz CT molecular complexity index is 566. The number of nitrogens with zero attached hydrogens (tertiary/aromatic N) is 1. The Kier molecular flexibility index (Phi) is 5.19. The molecule has 0 radical (unpaired) electrons. The Labute approximate surface area is 131 Å². The second kappa shape index (κ2) is 6.22. The van der Waals surface area contributed by atoms with Crippen LogP contribution in [0.15, 0.2) is 48.5 Å². The minimum absolute atomic E-state index is 0. The Balaban J connectivity index is 0.000000810. The molecule has 0 amide bonds. The normalized spacial score (nSPS) is 10.8. The smallest absolute Gasteiger partial charge is 0.764 e. The summed E-state index contributed by atoms with van der Waals surface area (Å²) >= 11 is 0. The van der Waals surface area contributed by atoms with Crippen molar-refractivity contribution in [1.29, 1.82) is 0 Å². The Morgan fingerprint density at radius 3 is 1.67 bits per heavy atom. The van der Waals surface area contributed by atoms with Crippen LogP contribution in [-0.2, 0) is 0 Å². The molecule has 1 aliphatic carbocycles. The van der Waals surface area contributed by atoms with Gasteiger partial charge >= 0.3 is 37.7 Å². The molecule has 0 fully saturated rings. The number of rotatable bonds is 0. The van der Waals surface area contributed by atoms with Crippen molar-refractivity contribution >= 4 is 11.4 Å². The molecule has 0 saturated heterocycles. The molecule has 1 nitrogen and oxygen atoms in total. The minimum Gasteiger partial charge on any atom is -0.764 e. The molecule has 3 heteroatoms. The van der Waals surface area contributed by atoms with E-state index in [1.807, 2.05) is 48.5 Å². The van der Waals surface area contributed by atoms with Crippen LogP contribution in [0.5, 0.6) is 0 Å². The van der Waals surface area contributed by atoms with E-state index >= 15 is 0 Å². The van der Waals surface area contributed by atoms with Gasteiger partial charge in [-0.2, -0.15) is 0 Å². The second-order valence-electron chi connectivity index (χ2n) is 3.81. The van der Waals surface area contributed by atoms with E-state index in [1.165, 1.54) is 0 Å². The van der Waals surface area contributed by atoms with Gasteiger partial charge in [0.05, 0.1) is 0 Å². The van der Waals surface area contributed by atoms with Gasteiger partial charge < -0.3 is 5.41 Å². The fraction of sp³-hybridized carbons (Fsp3) is 0. The predicted octanol–water partition coefficient (Wildman–Crippen LogP) is -2.72. The molecular formula is C15H9Li2N. The first kappa shape index (κ1) is 15.0. The third-order valence-corrected chi connectivity index (χ3v) is 2.88. The number of benzene rings is 2. The van der Waals surface area contributed by atoms with Crippen molar-refractivity contribution < 1.29 is 37.7 Å². The molecule has 76 valence electrons. The summed E-state index contributed by atoms with van der Waals surface area (Å²) in [6.07, 6.45) is 2.13. The van der Waals surface area contributed by atoms with Crippen LogP contribution in [0.1, 0.15) is 22.3 Å². The van der Waals surface area contributed by atoms with E-state index in [0.29, 0.717) is 0 Å². The molecule has 0 spiro atoms. The molecule has 0 aliphatic heterocycles. The van der Waals surface area contributed by atoms with Gasteiger partial charge in [0.1, 0.15) is 0 Å². The predicted molar refractivity (Wildman–Crippen MR) is 66.3 cm³/mol. The third-order valence-electron chi connectivity index (χ3n) is 2.88. The topological polar surface area (TPSA) is 22.3 Å². The van der Waals surface area contributed by atoms with E-state index in [2.05, 4.69) is 12.3 Å². The molecule has 1 aliphatic rings. The van der Waals surface area contributed by atoms with Crippen LogP contribution in [0.4, 0.5) is 0 Å². The number of fused-ring (bicyclic) bond motifs is 2. The van der Waals surface area contributed by atoms with E-state index in [0.717, 1.165) is 27.8 Å². The molecule has 18 heavy (non-hydrogen) atoms. The molecule has 0 unspecified atom stereocenters. The van der Waals surface area contributed by atoms with Crippen LogP contribution < -0.4 is 37.7 Å². The van der Waals surface area contributed by atoms with E-state index in [4.69, 9.17) is 0 Å². The van der Waals surface area contributed by atoms with Gasteiger partial charge in [-0.25, -0.2) is 0 Å². The van der Waals surface area contributed by atoms with Gasteiger partial charge in [-0.1, -0.05) is 53.1 Å². The van der Waals surface area contributed by atoms with Crippen LogP contribution in [0, 0.1) is 6.42 Å².